The van der Waals surface area contributed by atoms with E-state index in [1.54, 1.807) is 11.1 Å². The number of rotatable bonds is 0. The Morgan fingerprint density at radius 2 is 1.94 bits per heavy atom. The van der Waals surface area contributed by atoms with Gasteiger partial charge in [-0.2, -0.15) is 0 Å². The lowest BCUT2D eigenvalue weighted by Gasteiger charge is -2.44. The second kappa shape index (κ2) is 3.94. The maximum atomic E-state index is 11.6. The fraction of sp³-hybridized carbons (Fsp3) is 0.588. The van der Waals surface area contributed by atoms with E-state index >= 15 is 0 Å². The van der Waals surface area contributed by atoms with Crippen molar-refractivity contribution in [2.24, 2.45) is 23.7 Å². The van der Waals surface area contributed by atoms with E-state index in [1.165, 1.54) is 19.3 Å². The van der Waals surface area contributed by atoms with Crippen molar-refractivity contribution in [1.82, 2.24) is 0 Å². The van der Waals surface area contributed by atoms with Crippen molar-refractivity contribution in [2.45, 2.75) is 38.5 Å². The molecule has 0 aromatic rings. The highest BCUT2D eigenvalue weighted by Gasteiger charge is 2.42. The number of carbonyl (C=O) groups excluding carboxylic acids is 1. The Kier molecular flexibility index (Phi) is 2.36. The van der Waals surface area contributed by atoms with E-state index in [9.17, 15) is 4.79 Å². The van der Waals surface area contributed by atoms with Gasteiger partial charge in [-0.15, -0.1) is 0 Å². The van der Waals surface area contributed by atoms with Crippen LogP contribution in [0, 0.1) is 23.7 Å². The molecular weight excluding hydrogens is 220 g/mol. The summed E-state index contributed by atoms with van der Waals surface area (Å²) in [5.41, 5.74) is 3.24. The molecule has 18 heavy (non-hydrogen) atoms. The average Bonchev–Trinajstić information content (AvgIpc) is 2.86. The Labute approximate surface area is 109 Å². The molecule has 1 unspecified atom stereocenters. The number of fused-ring (bicyclic) bond motifs is 5. The minimum atomic E-state index is 0.505. The molecule has 94 valence electrons. The molecule has 2 fully saturated rings. The van der Waals surface area contributed by atoms with E-state index in [1.807, 2.05) is 0 Å². The zero-order chi connectivity index (χ0) is 12.1. The first kappa shape index (κ1) is 10.8. The van der Waals surface area contributed by atoms with Gasteiger partial charge < -0.3 is 0 Å². The molecule has 0 aliphatic heterocycles. The Hall–Kier alpha value is -1.11. The second-order valence-electron chi connectivity index (χ2n) is 6.41. The highest BCUT2D eigenvalue weighted by molar-refractivity contribution is 5.79. The van der Waals surface area contributed by atoms with Crippen LogP contribution in [0.1, 0.15) is 38.5 Å². The molecule has 0 saturated heterocycles. The molecule has 4 atom stereocenters. The summed E-state index contributed by atoms with van der Waals surface area (Å²) in [6, 6.07) is 0. The van der Waals surface area contributed by atoms with Crippen LogP contribution in [-0.4, -0.2) is 5.78 Å². The van der Waals surface area contributed by atoms with Crippen LogP contribution in [-0.2, 0) is 4.79 Å². The maximum Gasteiger partial charge on any atom is 0.133 e. The number of hydrogen-bond acceptors (Lipinski definition) is 1. The zero-order valence-corrected chi connectivity index (χ0v) is 10.8. The van der Waals surface area contributed by atoms with Crippen molar-refractivity contribution in [1.29, 1.82) is 0 Å². The lowest BCUT2D eigenvalue weighted by molar-refractivity contribution is -0.122. The van der Waals surface area contributed by atoms with Gasteiger partial charge in [0.1, 0.15) is 5.78 Å². The molecular formula is C17H20O. The Balaban J connectivity index is 1.67. The van der Waals surface area contributed by atoms with Gasteiger partial charge in [0.05, 0.1) is 0 Å². The number of ketones is 1. The third-order valence-electron chi connectivity index (χ3n) is 5.58. The van der Waals surface area contributed by atoms with Gasteiger partial charge in [0, 0.05) is 12.8 Å². The summed E-state index contributed by atoms with van der Waals surface area (Å²) >= 11 is 0. The first-order valence-corrected chi connectivity index (χ1v) is 7.43. The molecule has 0 amide bonds. The van der Waals surface area contributed by atoms with E-state index in [0.717, 1.165) is 37.0 Å². The molecule has 0 heterocycles. The van der Waals surface area contributed by atoms with Crippen LogP contribution in [0.5, 0.6) is 0 Å². The summed E-state index contributed by atoms with van der Waals surface area (Å²) in [6.45, 7) is 0. The first-order valence-electron chi connectivity index (χ1n) is 7.43. The largest absolute Gasteiger partial charge is 0.300 e. The SMILES string of the molecule is O=C1CC[C@@H]2C3=CC=C4C=CC[C@H]4[C@@H]3CCC2C1. The van der Waals surface area contributed by atoms with Gasteiger partial charge in [0.2, 0.25) is 0 Å². The molecule has 4 rings (SSSR count). The molecule has 0 radical (unpaired) electrons. The van der Waals surface area contributed by atoms with Gasteiger partial charge in [-0.25, -0.2) is 0 Å². The highest BCUT2D eigenvalue weighted by Crippen LogP contribution is 2.52. The van der Waals surface area contributed by atoms with Crippen molar-refractivity contribution in [3.05, 3.63) is 35.5 Å². The number of carbonyl (C=O) groups is 1. The van der Waals surface area contributed by atoms with Gasteiger partial charge in [0.25, 0.3) is 0 Å². The van der Waals surface area contributed by atoms with Crippen LogP contribution in [0.25, 0.3) is 0 Å². The smallest absolute Gasteiger partial charge is 0.133 e. The first-order chi connectivity index (χ1) is 8.83. The van der Waals surface area contributed by atoms with Crippen molar-refractivity contribution < 1.29 is 4.79 Å². The maximum absolute atomic E-state index is 11.6. The molecule has 4 aliphatic rings. The standard InChI is InChI=1S/C17H20O/c18-13-6-9-15-12(10-13)5-8-16-14-3-1-2-11(14)4-7-17(15)16/h1-2,4,7,12,14-16H,3,5-6,8-10H2/t12?,14-,15+,16+/m1/s1. The van der Waals surface area contributed by atoms with E-state index < -0.39 is 0 Å². The summed E-state index contributed by atoms with van der Waals surface area (Å²) in [7, 11) is 0. The third-order valence-corrected chi connectivity index (χ3v) is 5.58. The molecule has 0 aromatic carbocycles. The highest BCUT2D eigenvalue weighted by atomic mass is 16.1. The molecule has 2 saturated carbocycles. The van der Waals surface area contributed by atoms with Gasteiger partial charge in [0.15, 0.2) is 0 Å². The van der Waals surface area contributed by atoms with Crippen LogP contribution < -0.4 is 0 Å². The fourth-order valence-electron chi connectivity index (χ4n) is 4.73. The van der Waals surface area contributed by atoms with E-state index in [2.05, 4.69) is 24.3 Å². The van der Waals surface area contributed by atoms with Crippen molar-refractivity contribution in [3.63, 3.8) is 0 Å². The monoisotopic (exact) mass is 240 g/mol. The van der Waals surface area contributed by atoms with Crippen LogP contribution in [0.4, 0.5) is 0 Å². The predicted octanol–water partition coefficient (Wildman–Crippen LogP) is 3.82. The molecule has 0 N–H and O–H groups in total. The number of Topliss-reactive ketones (excluding diaryl/α,β-unsaturated/α-hetero) is 1. The summed E-state index contributed by atoms with van der Waals surface area (Å²) < 4.78 is 0. The Morgan fingerprint density at radius 3 is 2.89 bits per heavy atom. The lowest BCUT2D eigenvalue weighted by atomic mass is 9.60. The van der Waals surface area contributed by atoms with Crippen LogP contribution in [0.15, 0.2) is 35.5 Å². The van der Waals surface area contributed by atoms with Gasteiger partial charge in [-0.3, -0.25) is 4.79 Å². The molecule has 0 spiro atoms. The predicted molar refractivity (Wildman–Crippen MR) is 72.0 cm³/mol. The molecule has 1 nitrogen and oxygen atoms in total. The third kappa shape index (κ3) is 1.49. The minimum Gasteiger partial charge on any atom is -0.300 e. The van der Waals surface area contributed by atoms with E-state index in [4.69, 9.17) is 0 Å². The number of hydrogen-bond donors (Lipinski definition) is 0. The second-order valence-corrected chi connectivity index (χ2v) is 6.41. The van der Waals surface area contributed by atoms with Gasteiger partial charge in [-0.1, -0.05) is 29.9 Å². The Morgan fingerprint density at radius 1 is 1.00 bits per heavy atom. The van der Waals surface area contributed by atoms with Crippen LogP contribution >= 0.6 is 0 Å². The van der Waals surface area contributed by atoms with Crippen LogP contribution in [0.3, 0.4) is 0 Å². The van der Waals surface area contributed by atoms with Gasteiger partial charge >= 0.3 is 0 Å². The summed E-state index contributed by atoms with van der Waals surface area (Å²) in [4.78, 5) is 11.6. The average molecular weight is 240 g/mol. The topological polar surface area (TPSA) is 17.1 Å². The summed E-state index contributed by atoms with van der Waals surface area (Å²) in [6.07, 6.45) is 16.0. The lowest BCUT2D eigenvalue weighted by Crippen LogP contribution is -2.36. The Bertz CT molecular complexity index is 480. The fourth-order valence-corrected chi connectivity index (χ4v) is 4.73. The van der Waals surface area contributed by atoms with Crippen molar-refractivity contribution in [3.8, 4) is 0 Å². The normalized spacial score (nSPS) is 41.7. The zero-order valence-electron chi connectivity index (χ0n) is 10.8. The minimum absolute atomic E-state index is 0.505. The van der Waals surface area contributed by atoms with E-state index in [0.29, 0.717) is 11.7 Å². The molecule has 0 bridgehead atoms. The van der Waals surface area contributed by atoms with Crippen molar-refractivity contribution in [2.75, 3.05) is 0 Å². The molecule has 4 aliphatic carbocycles. The quantitative estimate of drug-likeness (QED) is 0.629. The number of allylic oxidation sites excluding steroid dienone is 6. The molecule has 0 aromatic heterocycles. The van der Waals surface area contributed by atoms with Crippen molar-refractivity contribution >= 4 is 5.78 Å². The summed E-state index contributed by atoms with van der Waals surface area (Å²) in [5.74, 6) is 3.45. The summed E-state index contributed by atoms with van der Waals surface area (Å²) in [5, 5.41) is 0. The van der Waals surface area contributed by atoms with Gasteiger partial charge in [-0.05, 0) is 54.9 Å². The van der Waals surface area contributed by atoms with E-state index in [-0.39, 0.29) is 0 Å². The molecule has 1 heteroatoms. The van der Waals surface area contributed by atoms with Crippen LogP contribution in [0.2, 0.25) is 0 Å².